The largest absolute Gasteiger partial charge is 0.543 e. The van der Waals surface area contributed by atoms with E-state index in [9.17, 15) is 23.1 Å². The molecule has 0 spiro atoms. The highest BCUT2D eigenvalue weighted by molar-refractivity contribution is 9.10. The van der Waals surface area contributed by atoms with Gasteiger partial charge in [0.1, 0.15) is 23.9 Å². The molecule has 0 amide bonds. The van der Waals surface area contributed by atoms with Gasteiger partial charge in [0.15, 0.2) is 11.6 Å². The van der Waals surface area contributed by atoms with Crippen molar-refractivity contribution >= 4 is 44.6 Å². The molecule has 1 heterocycles. The molecule has 4 nitrogen and oxygen atoms in total. The van der Waals surface area contributed by atoms with Crippen molar-refractivity contribution in [3.8, 4) is 5.75 Å². The Bertz CT molecular complexity index is 1300. The fourth-order valence-electron chi connectivity index (χ4n) is 3.79. The Hall–Kier alpha value is -2.84. The minimum atomic E-state index is -1.48. The van der Waals surface area contributed by atoms with Gasteiger partial charge in [-0.1, -0.05) is 27.5 Å². The summed E-state index contributed by atoms with van der Waals surface area (Å²) in [5.41, 5.74) is 1.89. The van der Waals surface area contributed by atoms with Crippen LogP contribution in [0.5, 0.6) is 5.75 Å². The second-order valence-electron chi connectivity index (χ2n) is 7.38. The number of nitrogens with zero attached hydrogens (tertiary/aromatic N) is 1. The lowest BCUT2D eigenvalue weighted by Gasteiger charge is -2.16. The lowest BCUT2D eigenvalue weighted by atomic mass is 9.99. The Labute approximate surface area is 200 Å². The average molecular weight is 538 g/mol. The third-order valence-electron chi connectivity index (χ3n) is 5.34. The van der Waals surface area contributed by atoms with Gasteiger partial charge in [-0.05, 0) is 72.9 Å². The first-order valence-corrected chi connectivity index (χ1v) is 11.1. The van der Waals surface area contributed by atoms with Gasteiger partial charge in [-0.25, -0.2) is 18.2 Å². The van der Waals surface area contributed by atoms with Crippen molar-refractivity contribution in [1.82, 2.24) is 4.98 Å². The van der Waals surface area contributed by atoms with Gasteiger partial charge >= 0.3 is 0 Å². The molecule has 0 atom stereocenters. The first kappa shape index (κ1) is 23.3. The number of benzene rings is 2. The molecular weight excluding hydrogens is 523 g/mol. The molecule has 1 aliphatic rings. The van der Waals surface area contributed by atoms with E-state index in [-0.39, 0.29) is 10.7 Å². The lowest BCUT2D eigenvalue weighted by Crippen LogP contribution is -2.24. The maximum atomic E-state index is 14.1. The summed E-state index contributed by atoms with van der Waals surface area (Å²) in [6.45, 7) is -0.513. The number of hydrogen-bond acceptors (Lipinski definition) is 4. The van der Waals surface area contributed by atoms with Gasteiger partial charge in [0, 0.05) is 10.0 Å². The SMILES string of the molecule is O=C([O-])c1nc(C2=C(c3cc(Br)ccc3OCc3c(F)ccc(F)c3F)CCC2)ccc1Cl. The summed E-state index contributed by atoms with van der Waals surface area (Å²) in [5, 5.41) is 11.3. The predicted molar refractivity (Wildman–Crippen MR) is 119 cm³/mol. The van der Waals surface area contributed by atoms with Crippen LogP contribution < -0.4 is 9.84 Å². The molecule has 170 valence electrons. The maximum absolute atomic E-state index is 14.1. The highest BCUT2D eigenvalue weighted by atomic mass is 79.9. The number of carboxylic acids is 1. The molecule has 1 aliphatic carbocycles. The summed E-state index contributed by atoms with van der Waals surface area (Å²) in [4.78, 5) is 15.5. The zero-order chi connectivity index (χ0) is 23.7. The number of pyridine rings is 1. The first-order valence-electron chi connectivity index (χ1n) is 9.91. The van der Waals surface area contributed by atoms with Gasteiger partial charge in [-0.3, -0.25) is 0 Å². The highest BCUT2D eigenvalue weighted by Crippen LogP contribution is 2.43. The maximum Gasteiger partial charge on any atom is 0.168 e. The van der Waals surface area contributed by atoms with Crippen LogP contribution in [0.2, 0.25) is 5.02 Å². The van der Waals surface area contributed by atoms with E-state index in [2.05, 4.69) is 20.9 Å². The Morgan fingerprint density at radius 2 is 1.79 bits per heavy atom. The van der Waals surface area contributed by atoms with Crippen LogP contribution in [0.1, 0.15) is 46.6 Å². The molecule has 4 rings (SSSR count). The van der Waals surface area contributed by atoms with Gasteiger partial charge in [-0.2, -0.15) is 0 Å². The Balaban J connectivity index is 1.75. The van der Waals surface area contributed by atoms with Crippen molar-refractivity contribution in [2.75, 3.05) is 0 Å². The second-order valence-corrected chi connectivity index (χ2v) is 8.70. The van der Waals surface area contributed by atoms with E-state index in [1.165, 1.54) is 6.07 Å². The molecule has 0 unspecified atom stereocenters. The van der Waals surface area contributed by atoms with Crippen molar-refractivity contribution < 1.29 is 27.8 Å². The number of aromatic nitrogens is 1. The van der Waals surface area contributed by atoms with Gasteiger partial charge in [0.25, 0.3) is 0 Å². The number of carboxylic acid groups (broad SMARTS) is 1. The molecule has 9 heteroatoms. The number of aromatic carboxylic acids is 1. The lowest BCUT2D eigenvalue weighted by molar-refractivity contribution is -0.255. The molecule has 3 aromatic rings. The summed E-state index contributed by atoms with van der Waals surface area (Å²) in [7, 11) is 0. The summed E-state index contributed by atoms with van der Waals surface area (Å²) in [6, 6.07) is 9.79. The van der Waals surface area contributed by atoms with Crippen LogP contribution in [-0.2, 0) is 6.61 Å². The fraction of sp³-hybridized carbons (Fsp3) is 0.167. The quantitative estimate of drug-likeness (QED) is 0.365. The van der Waals surface area contributed by atoms with E-state index in [1.54, 1.807) is 24.3 Å². The summed E-state index contributed by atoms with van der Waals surface area (Å²) < 4.78 is 48.1. The minimum Gasteiger partial charge on any atom is -0.543 e. The molecule has 0 bridgehead atoms. The zero-order valence-corrected chi connectivity index (χ0v) is 19.3. The molecule has 1 aromatic heterocycles. The standard InChI is InChI=1S/C24H16BrClF3NO3/c25-12-4-9-21(33-11-16-18(27)6-7-19(28)22(16)29)15(10-12)13-2-1-3-14(13)20-8-5-17(26)23(30-20)24(31)32/h4-10H,1-3,11H2,(H,31,32)/p-1. The van der Waals surface area contributed by atoms with E-state index in [1.807, 2.05) is 0 Å². The molecule has 0 fully saturated rings. The molecule has 0 saturated heterocycles. The van der Waals surface area contributed by atoms with Crippen molar-refractivity contribution in [2.45, 2.75) is 25.9 Å². The number of hydrogen-bond donors (Lipinski definition) is 0. The van der Waals surface area contributed by atoms with Crippen LogP contribution in [0.25, 0.3) is 11.1 Å². The topological polar surface area (TPSA) is 62.2 Å². The third-order valence-corrected chi connectivity index (χ3v) is 6.14. The van der Waals surface area contributed by atoms with Crippen molar-refractivity contribution in [2.24, 2.45) is 0 Å². The van der Waals surface area contributed by atoms with E-state index in [4.69, 9.17) is 16.3 Å². The van der Waals surface area contributed by atoms with E-state index in [0.29, 0.717) is 29.8 Å². The normalized spacial score (nSPS) is 13.5. The van der Waals surface area contributed by atoms with E-state index < -0.39 is 35.6 Å². The van der Waals surface area contributed by atoms with Crippen LogP contribution in [0.4, 0.5) is 13.2 Å². The molecule has 33 heavy (non-hydrogen) atoms. The number of rotatable bonds is 6. The van der Waals surface area contributed by atoms with Gasteiger partial charge in [0.2, 0.25) is 0 Å². The van der Waals surface area contributed by atoms with Crippen LogP contribution in [0.15, 0.2) is 46.9 Å². The number of carbonyl (C=O) groups excluding carboxylic acids is 1. The Kier molecular flexibility index (Phi) is 6.76. The highest BCUT2D eigenvalue weighted by Gasteiger charge is 2.23. The predicted octanol–water partition coefficient (Wildman–Crippen LogP) is 5.95. The number of allylic oxidation sites excluding steroid dienone is 2. The Morgan fingerprint density at radius 3 is 2.55 bits per heavy atom. The smallest absolute Gasteiger partial charge is 0.168 e. The van der Waals surface area contributed by atoms with Crippen molar-refractivity contribution in [3.63, 3.8) is 0 Å². The molecular formula is C24H15BrClF3NO3-. The number of ether oxygens (including phenoxy) is 1. The first-order chi connectivity index (χ1) is 15.8. The number of halogens is 5. The molecule has 2 aromatic carbocycles. The number of carbonyl (C=O) groups is 1. The zero-order valence-electron chi connectivity index (χ0n) is 16.9. The summed E-state index contributed by atoms with van der Waals surface area (Å²) >= 11 is 9.34. The molecule has 0 radical (unpaired) electrons. The van der Waals surface area contributed by atoms with E-state index >= 15 is 0 Å². The van der Waals surface area contributed by atoms with Gasteiger partial charge < -0.3 is 14.6 Å². The van der Waals surface area contributed by atoms with Gasteiger partial charge in [-0.15, -0.1) is 0 Å². The van der Waals surface area contributed by atoms with Gasteiger partial charge in [0.05, 0.1) is 22.2 Å². The van der Waals surface area contributed by atoms with Crippen LogP contribution in [0.3, 0.4) is 0 Å². The van der Waals surface area contributed by atoms with Crippen LogP contribution in [-0.4, -0.2) is 11.0 Å². The molecule has 0 saturated carbocycles. The van der Waals surface area contributed by atoms with Crippen LogP contribution in [0, 0.1) is 17.5 Å². The van der Waals surface area contributed by atoms with Crippen LogP contribution >= 0.6 is 27.5 Å². The van der Waals surface area contributed by atoms with Crippen molar-refractivity contribution in [1.29, 1.82) is 0 Å². The van der Waals surface area contributed by atoms with Crippen molar-refractivity contribution in [3.05, 3.63) is 91.9 Å². The average Bonchev–Trinajstić information content (AvgIpc) is 3.27. The molecule has 0 aliphatic heterocycles. The third kappa shape index (κ3) is 4.77. The summed E-state index contributed by atoms with van der Waals surface area (Å²) in [5.74, 6) is -4.51. The molecule has 0 N–H and O–H groups in total. The summed E-state index contributed by atoms with van der Waals surface area (Å²) in [6.07, 6.45) is 2.07. The second kappa shape index (κ2) is 9.57. The fourth-order valence-corrected chi connectivity index (χ4v) is 4.34. The Morgan fingerprint density at radius 1 is 1.06 bits per heavy atom. The monoisotopic (exact) mass is 536 g/mol. The van der Waals surface area contributed by atoms with E-state index in [0.717, 1.165) is 34.2 Å². The minimum absolute atomic E-state index is 0.0236.